The van der Waals surface area contributed by atoms with Crippen LogP contribution in [-0.2, 0) is 0 Å². The third kappa shape index (κ3) is 2.40. The molecule has 0 saturated carbocycles. The lowest BCUT2D eigenvalue weighted by Crippen LogP contribution is -2.12. The zero-order valence-corrected chi connectivity index (χ0v) is 12.9. The summed E-state index contributed by atoms with van der Waals surface area (Å²) in [5.74, 6) is -6.10. The first kappa shape index (κ1) is 16.9. The zero-order valence-electron chi connectivity index (χ0n) is 12.9. The lowest BCUT2D eigenvalue weighted by atomic mass is 9.89. The monoisotopic (exact) mass is 354 g/mol. The van der Waals surface area contributed by atoms with Crippen LogP contribution in [0.1, 0.15) is 41.4 Å². The van der Waals surface area contributed by atoms with E-state index in [0.717, 1.165) is 6.07 Å². The summed E-state index contributed by atoms with van der Waals surface area (Å²) in [6.45, 7) is 0. The van der Waals surface area contributed by atoms with Crippen LogP contribution in [0.4, 0.5) is 0 Å². The van der Waals surface area contributed by atoms with E-state index in [9.17, 15) is 39.6 Å². The number of rotatable bonds is 4. The van der Waals surface area contributed by atoms with Crippen LogP contribution in [0.3, 0.4) is 0 Å². The van der Waals surface area contributed by atoms with Crippen LogP contribution in [-0.4, -0.2) is 44.3 Å². The zero-order chi connectivity index (χ0) is 19.2. The normalized spacial score (nSPS) is 10.8. The fourth-order valence-corrected chi connectivity index (χ4v) is 3.06. The van der Waals surface area contributed by atoms with E-state index < -0.39 is 40.6 Å². The molecular weight excluding hydrogens is 344 g/mol. The van der Waals surface area contributed by atoms with Crippen LogP contribution in [0.25, 0.3) is 21.5 Å². The largest absolute Gasteiger partial charge is 0.478 e. The minimum absolute atomic E-state index is 0.162. The van der Waals surface area contributed by atoms with Crippen molar-refractivity contribution in [3.8, 4) is 0 Å². The van der Waals surface area contributed by atoms with E-state index >= 15 is 0 Å². The lowest BCUT2D eigenvalue weighted by Gasteiger charge is -2.14. The molecule has 0 atom stereocenters. The second-order valence-corrected chi connectivity index (χ2v) is 5.46. The first-order valence-electron chi connectivity index (χ1n) is 7.19. The number of aromatic carboxylic acids is 4. The van der Waals surface area contributed by atoms with Gasteiger partial charge in [0.2, 0.25) is 0 Å². The van der Waals surface area contributed by atoms with Crippen molar-refractivity contribution in [3.05, 3.63) is 58.7 Å². The molecule has 0 fully saturated rings. The summed E-state index contributed by atoms with van der Waals surface area (Å²) in [6, 6.07) is 7.94. The fraction of sp³-hybridized carbons (Fsp3) is 0. The Kier molecular flexibility index (Phi) is 3.80. The standard InChI is InChI=1S/C18H10O8/c19-15(20)9-3-1-2-7-6-8-4-5-10(16(21)22)13(17(23)24)12(8)14(11(7)9)18(25)26/h1-6H,(H,19,20)(H,21,22)(H,23,24)(H,25,26). The Bertz CT molecular complexity index is 1140. The molecule has 0 aromatic heterocycles. The van der Waals surface area contributed by atoms with Crippen LogP contribution < -0.4 is 0 Å². The number of fused-ring (bicyclic) bond motifs is 2. The van der Waals surface area contributed by atoms with E-state index in [0.29, 0.717) is 0 Å². The van der Waals surface area contributed by atoms with E-state index in [1.807, 2.05) is 0 Å². The SMILES string of the molecule is O=C(O)c1ccc2cc3cccc(C(=O)O)c3c(C(=O)O)c2c1C(=O)O. The number of benzene rings is 3. The molecule has 0 aliphatic rings. The topological polar surface area (TPSA) is 149 Å². The molecule has 0 amide bonds. The number of carboxylic acids is 4. The van der Waals surface area contributed by atoms with Crippen LogP contribution in [0.5, 0.6) is 0 Å². The molecule has 8 heteroatoms. The van der Waals surface area contributed by atoms with E-state index in [1.165, 1.54) is 30.3 Å². The molecule has 0 unspecified atom stereocenters. The minimum Gasteiger partial charge on any atom is -0.478 e. The molecule has 3 aromatic rings. The molecule has 130 valence electrons. The van der Waals surface area contributed by atoms with Crippen molar-refractivity contribution >= 4 is 45.4 Å². The van der Waals surface area contributed by atoms with Crippen molar-refractivity contribution in [2.45, 2.75) is 0 Å². The van der Waals surface area contributed by atoms with Gasteiger partial charge in [0.05, 0.1) is 22.3 Å². The molecule has 0 heterocycles. The average Bonchev–Trinajstić information content (AvgIpc) is 2.57. The third-order valence-corrected chi connectivity index (χ3v) is 4.03. The van der Waals surface area contributed by atoms with Gasteiger partial charge < -0.3 is 20.4 Å². The lowest BCUT2D eigenvalue weighted by molar-refractivity contribution is 0.0652. The average molecular weight is 354 g/mol. The van der Waals surface area contributed by atoms with Gasteiger partial charge >= 0.3 is 23.9 Å². The fourth-order valence-electron chi connectivity index (χ4n) is 3.06. The highest BCUT2D eigenvalue weighted by Gasteiger charge is 2.27. The van der Waals surface area contributed by atoms with Gasteiger partial charge in [-0.25, -0.2) is 19.2 Å². The quantitative estimate of drug-likeness (QED) is 0.522. The highest BCUT2D eigenvalue weighted by atomic mass is 16.4. The van der Waals surface area contributed by atoms with Crippen molar-refractivity contribution in [2.75, 3.05) is 0 Å². The Hall–Kier alpha value is -3.94. The number of hydrogen-bond acceptors (Lipinski definition) is 4. The predicted octanol–water partition coefficient (Wildman–Crippen LogP) is 2.79. The summed E-state index contributed by atoms with van der Waals surface area (Å²) in [5, 5.41) is 37.8. The Morgan fingerprint density at radius 2 is 1.15 bits per heavy atom. The minimum atomic E-state index is -1.62. The summed E-state index contributed by atoms with van der Waals surface area (Å²) in [5.41, 5.74) is -2.16. The van der Waals surface area contributed by atoms with Crippen molar-refractivity contribution < 1.29 is 39.6 Å². The summed E-state index contributed by atoms with van der Waals surface area (Å²) < 4.78 is 0. The van der Waals surface area contributed by atoms with Crippen LogP contribution in [0.2, 0.25) is 0 Å². The predicted molar refractivity (Wildman–Crippen MR) is 89.3 cm³/mol. The van der Waals surface area contributed by atoms with E-state index in [-0.39, 0.29) is 27.1 Å². The second kappa shape index (κ2) is 5.85. The maximum atomic E-state index is 11.9. The van der Waals surface area contributed by atoms with Gasteiger partial charge in [-0.3, -0.25) is 0 Å². The van der Waals surface area contributed by atoms with Crippen molar-refractivity contribution in [1.29, 1.82) is 0 Å². The van der Waals surface area contributed by atoms with Gasteiger partial charge in [-0.15, -0.1) is 0 Å². The first-order valence-corrected chi connectivity index (χ1v) is 7.19. The molecule has 0 radical (unpaired) electrons. The van der Waals surface area contributed by atoms with Gasteiger partial charge in [0.25, 0.3) is 0 Å². The molecule has 3 aromatic carbocycles. The van der Waals surface area contributed by atoms with Gasteiger partial charge in [-0.05, 0) is 29.0 Å². The van der Waals surface area contributed by atoms with Gasteiger partial charge in [0, 0.05) is 10.8 Å². The summed E-state index contributed by atoms with van der Waals surface area (Å²) >= 11 is 0. The van der Waals surface area contributed by atoms with Crippen molar-refractivity contribution in [2.24, 2.45) is 0 Å². The number of carbonyl (C=O) groups is 4. The molecular formula is C18H10O8. The van der Waals surface area contributed by atoms with Gasteiger partial charge in [0.1, 0.15) is 0 Å². The van der Waals surface area contributed by atoms with Crippen LogP contribution in [0, 0.1) is 0 Å². The molecule has 3 rings (SSSR count). The summed E-state index contributed by atoms with van der Waals surface area (Å²) in [6.07, 6.45) is 0. The smallest absolute Gasteiger partial charge is 0.337 e. The van der Waals surface area contributed by atoms with Crippen molar-refractivity contribution in [3.63, 3.8) is 0 Å². The third-order valence-electron chi connectivity index (χ3n) is 4.03. The molecule has 0 saturated heterocycles. The summed E-state index contributed by atoms with van der Waals surface area (Å²) in [4.78, 5) is 46.5. The molecule has 0 aliphatic carbocycles. The van der Waals surface area contributed by atoms with E-state index in [4.69, 9.17) is 0 Å². The van der Waals surface area contributed by atoms with E-state index in [2.05, 4.69) is 0 Å². The van der Waals surface area contributed by atoms with Crippen LogP contribution >= 0.6 is 0 Å². The molecule has 0 bridgehead atoms. The summed E-state index contributed by atoms with van der Waals surface area (Å²) in [7, 11) is 0. The molecule has 8 nitrogen and oxygen atoms in total. The van der Waals surface area contributed by atoms with Crippen LogP contribution in [0.15, 0.2) is 36.4 Å². The van der Waals surface area contributed by atoms with Gasteiger partial charge in [-0.2, -0.15) is 0 Å². The van der Waals surface area contributed by atoms with Gasteiger partial charge in [0.15, 0.2) is 0 Å². The Labute approximate surface area is 144 Å². The first-order chi connectivity index (χ1) is 12.2. The Morgan fingerprint density at radius 3 is 1.69 bits per heavy atom. The number of carboxylic acid groups (broad SMARTS) is 4. The second-order valence-electron chi connectivity index (χ2n) is 5.46. The maximum Gasteiger partial charge on any atom is 0.337 e. The molecule has 0 aliphatic heterocycles. The number of hydrogen-bond donors (Lipinski definition) is 4. The molecule has 26 heavy (non-hydrogen) atoms. The maximum absolute atomic E-state index is 11.9. The highest BCUT2D eigenvalue weighted by Crippen LogP contribution is 2.34. The Balaban J connectivity index is 2.72. The molecule has 4 N–H and O–H groups in total. The van der Waals surface area contributed by atoms with Crippen molar-refractivity contribution in [1.82, 2.24) is 0 Å². The molecule has 0 spiro atoms. The van der Waals surface area contributed by atoms with E-state index in [1.54, 1.807) is 0 Å². The van der Waals surface area contributed by atoms with Gasteiger partial charge in [-0.1, -0.05) is 18.2 Å². The highest BCUT2D eigenvalue weighted by molar-refractivity contribution is 6.25. The Morgan fingerprint density at radius 1 is 0.577 bits per heavy atom.